The van der Waals surface area contributed by atoms with Crippen LogP contribution in [0.25, 0.3) is 0 Å². The second kappa shape index (κ2) is 4.11. The van der Waals surface area contributed by atoms with Crippen molar-refractivity contribution in [2.24, 2.45) is 0 Å². The molecule has 0 bridgehead atoms. The fraction of sp³-hybridized carbons (Fsp3) is 0.625. The summed E-state index contributed by atoms with van der Waals surface area (Å²) < 4.78 is 25.6. The van der Waals surface area contributed by atoms with Crippen molar-refractivity contribution in [1.82, 2.24) is 14.5 Å². The molecule has 1 aliphatic carbocycles. The summed E-state index contributed by atoms with van der Waals surface area (Å²) in [5.41, 5.74) is 0. The van der Waals surface area contributed by atoms with Gasteiger partial charge in [0.1, 0.15) is 0 Å². The lowest BCUT2D eigenvalue weighted by Crippen LogP contribution is -2.35. The summed E-state index contributed by atoms with van der Waals surface area (Å²) >= 11 is 5.60. The van der Waals surface area contributed by atoms with Gasteiger partial charge in [0.2, 0.25) is 0 Å². The lowest BCUT2D eigenvalue weighted by molar-refractivity contribution is 0.420. The number of halogens is 1. The van der Waals surface area contributed by atoms with Gasteiger partial charge >= 0.3 is 0 Å². The lowest BCUT2D eigenvalue weighted by Gasteiger charge is -2.19. The van der Waals surface area contributed by atoms with Crippen LogP contribution >= 0.6 is 11.6 Å². The summed E-state index contributed by atoms with van der Waals surface area (Å²) in [6, 6.07) is 1.58. The lowest BCUT2D eigenvalue weighted by atomic mass is 10.6. The first-order valence-electron chi connectivity index (χ1n) is 4.73. The molecule has 0 amide bonds. The van der Waals surface area contributed by atoms with Gasteiger partial charge in [0, 0.05) is 18.5 Å². The van der Waals surface area contributed by atoms with Gasteiger partial charge in [0.15, 0.2) is 5.03 Å². The molecule has 1 fully saturated rings. The fourth-order valence-electron chi connectivity index (χ4n) is 1.46. The number of aromatic amines is 1. The second-order valence-corrected chi connectivity index (χ2v) is 5.69. The minimum absolute atomic E-state index is 0.122. The Labute approximate surface area is 93.5 Å². The molecule has 0 aromatic carbocycles. The van der Waals surface area contributed by atoms with Crippen LogP contribution in [0.2, 0.25) is 0 Å². The van der Waals surface area contributed by atoms with Gasteiger partial charge in [-0.3, -0.25) is 5.10 Å². The van der Waals surface area contributed by atoms with Crippen LogP contribution in [0, 0.1) is 0 Å². The Hall–Kier alpha value is -0.590. The maximum absolute atomic E-state index is 12.1. The van der Waals surface area contributed by atoms with Gasteiger partial charge in [-0.1, -0.05) is 0 Å². The van der Waals surface area contributed by atoms with Crippen LogP contribution in [0.15, 0.2) is 17.3 Å². The molecule has 0 unspecified atom stereocenters. The highest BCUT2D eigenvalue weighted by molar-refractivity contribution is 7.89. The number of sulfonamides is 1. The van der Waals surface area contributed by atoms with E-state index in [1.165, 1.54) is 16.6 Å². The normalized spacial score (nSPS) is 17.2. The molecule has 0 aliphatic heterocycles. The van der Waals surface area contributed by atoms with Crippen molar-refractivity contribution in [3.8, 4) is 0 Å². The summed E-state index contributed by atoms with van der Waals surface area (Å²) in [6.45, 7) is 0.355. The summed E-state index contributed by atoms with van der Waals surface area (Å²) in [5.74, 6) is 0.309. The van der Waals surface area contributed by atoms with Crippen molar-refractivity contribution in [2.45, 2.75) is 23.9 Å². The Morgan fingerprint density at radius 2 is 2.33 bits per heavy atom. The first-order valence-corrected chi connectivity index (χ1v) is 6.71. The SMILES string of the molecule is O=S(=O)(c1ccn[nH]1)N(CCCl)C1CC1. The monoisotopic (exact) mass is 249 g/mol. The number of hydrogen-bond donors (Lipinski definition) is 1. The topological polar surface area (TPSA) is 66.1 Å². The van der Waals surface area contributed by atoms with Crippen molar-refractivity contribution >= 4 is 21.6 Å². The number of nitrogens with one attached hydrogen (secondary N) is 1. The van der Waals surface area contributed by atoms with E-state index in [2.05, 4.69) is 10.2 Å². The molecule has 15 heavy (non-hydrogen) atoms. The van der Waals surface area contributed by atoms with Crippen LogP contribution in [0.1, 0.15) is 12.8 Å². The van der Waals surface area contributed by atoms with Crippen LogP contribution in [0.4, 0.5) is 0 Å². The van der Waals surface area contributed by atoms with E-state index in [1.807, 2.05) is 0 Å². The van der Waals surface area contributed by atoms with E-state index in [0.717, 1.165) is 12.8 Å². The van der Waals surface area contributed by atoms with Crippen molar-refractivity contribution < 1.29 is 8.42 Å². The highest BCUT2D eigenvalue weighted by atomic mass is 35.5. The summed E-state index contributed by atoms with van der Waals surface area (Å²) in [6.07, 6.45) is 3.27. The molecule has 0 spiro atoms. The zero-order chi connectivity index (χ0) is 10.9. The smallest absolute Gasteiger partial charge is 0.260 e. The summed E-state index contributed by atoms with van der Waals surface area (Å²) in [5, 5.41) is 6.26. The number of nitrogens with zero attached hydrogens (tertiary/aromatic N) is 2. The molecule has 7 heteroatoms. The van der Waals surface area contributed by atoms with Crippen LogP contribution < -0.4 is 0 Å². The standard InChI is InChI=1S/C8H12ClN3O2S/c9-4-6-12(7-1-2-7)15(13,14)8-3-5-10-11-8/h3,5,7H,1-2,4,6H2,(H,10,11). The zero-order valence-electron chi connectivity index (χ0n) is 8.06. The fourth-order valence-corrected chi connectivity index (χ4v) is 3.33. The van der Waals surface area contributed by atoms with Crippen molar-refractivity contribution in [3.63, 3.8) is 0 Å². The van der Waals surface area contributed by atoms with Crippen LogP contribution in [-0.4, -0.2) is 41.4 Å². The first kappa shape index (κ1) is 10.9. The minimum atomic E-state index is -3.43. The van der Waals surface area contributed by atoms with Gasteiger partial charge in [-0.25, -0.2) is 8.42 Å². The molecule has 1 heterocycles. The molecule has 0 saturated heterocycles. The van der Waals surface area contributed by atoms with Gasteiger partial charge in [-0.2, -0.15) is 9.40 Å². The molecule has 1 aliphatic rings. The van der Waals surface area contributed by atoms with E-state index in [0.29, 0.717) is 12.4 Å². The Morgan fingerprint density at radius 1 is 1.60 bits per heavy atom. The van der Waals surface area contributed by atoms with Gasteiger partial charge in [-0.05, 0) is 18.9 Å². The van der Waals surface area contributed by atoms with Crippen LogP contribution in [0.3, 0.4) is 0 Å². The van der Waals surface area contributed by atoms with Gasteiger partial charge < -0.3 is 0 Å². The zero-order valence-corrected chi connectivity index (χ0v) is 9.63. The third kappa shape index (κ3) is 2.16. The summed E-state index contributed by atoms with van der Waals surface area (Å²) in [7, 11) is -3.43. The van der Waals surface area contributed by atoms with E-state index in [1.54, 1.807) is 0 Å². The maximum Gasteiger partial charge on any atom is 0.260 e. The third-order valence-corrected chi connectivity index (χ3v) is 4.37. The van der Waals surface area contributed by atoms with Gasteiger partial charge in [0.05, 0.1) is 6.20 Å². The van der Waals surface area contributed by atoms with E-state index in [-0.39, 0.29) is 11.1 Å². The Bertz CT molecular complexity index is 413. The quantitative estimate of drug-likeness (QED) is 0.785. The average molecular weight is 250 g/mol. The van der Waals surface area contributed by atoms with E-state index >= 15 is 0 Å². The highest BCUT2D eigenvalue weighted by Crippen LogP contribution is 2.31. The van der Waals surface area contributed by atoms with Crippen molar-refractivity contribution in [2.75, 3.05) is 12.4 Å². The second-order valence-electron chi connectivity index (χ2n) is 3.46. The Morgan fingerprint density at radius 3 is 2.80 bits per heavy atom. The molecule has 84 valence electrons. The highest BCUT2D eigenvalue weighted by Gasteiger charge is 2.38. The number of alkyl halides is 1. The van der Waals surface area contributed by atoms with E-state index in [4.69, 9.17) is 11.6 Å². The molecule has 1 aromatic heterocycles. The molecule has 5 nitrogen and oxygen atoms in total. The molecule has 0 atom stereocenters. The van der Waals surface area contributed by atoms with Crippen molar-refractivity contribution in [1.29, 1.82) is 0 Å². The molecule has 1 aromatic rings. The largest absolute Gasteiger partial charge is 0.266 e. The molecular formula is C8H12ClN3O2S. The van der Waals surface area contributed by atoms with Crippen molar-refractivity contribution in [3.05, 3.63) is 12.3 Å². The molecule has 1 N–H and O–H groups in total. The predicted octanol–water partition coefficient (Wildman–Crippen LogP) is 0.802. The van der Waals surface area contributed by atoms with E-state index in [9.17, 15) is 8.42 Å². The number of hydrogen-bond acceptors (Lipinski definition) is 3. The predicted molar refractivity (Wildman–Crippen MR) is 56.2 cm³/mol. The first-order chi connectivity index (χ1) is 7.16. The van der Waals surface area contributed by atoms with E-state index < -0.39 is 10.0 Å². The molecule has 2 rings (SSSR count). The Kier molecular flexibility index (Phi) is 2.99. The minimum Gasteiger partial charge on any atom is -0.266 e. The molecule has 1 saturated carbocycles. The molecule has 0 radical (unpaired) electrons. The number of aromatic nitrogens is 2. The maximum atomic E-state index is 12.1. The number of H-pyrrole nitrogens is 1. The number of rotatable bonds is 5. The third-order valence-electron chi connectivity index (χ3n) is 2.32. The van der Waals surface area contributed by atoms with Gasteiger partial charge in [0.25, 0.3) is 10.0 Å². The van der Waals surface area contributed by atoms with Crippen LogP contribution in [-0.2, 0) is 10.0 Å². The Balaban J connectivity index is 2.26. The molecular weight excluding hydrogens is 238 g/mol. The van der Waals surface area contributed by atoms with Crippen LogP contribution in [0.5, 0.6) is 0 Å². The average Bonchev–Trinajstić information content (AvgIpc) is 2.86. The summed E-state index contributed by atoms with van der Waals surface area (Å²) in [4.78, 5) is 0. The van der Waals surface area contributed by atoms with Gasteiger partial charge in [-0.15, -0.1) is 11.6 Å².